The predicted molar refractivity (Wildman–Crippen MR) is 88.6 cm³/mol. The van der Waals surface area contributed by atoms with Crippen molar-refractivity contribution < 1.29 is 9.53 Å². The van der Waals surface area contributed by atoms with Crippen LogP contribution in [0.1, 0.15) is 22.8 Å². The van der Waals surface area contributed by atoms with E-state index in [2.05, 4.69) is 12.6 Å². The van der Waals surface area contributed by atoms with Gasteiger partial charge in [-0.2, -0.15) is 0 Å². The smallest absolute Gasteiger partial charge is 0.258 e. The zero-order chi connectivity index (χ0) is 15.5. The minimum absolute atomic E-state index is 0.0192. The molecular weight excluding hydrogens is 274 g/mol. The first-order valence-electron chi connectivity index (χ1n) is 7.42. The maximum atomic E-state index is 12.8. The summed E-state index contributed by atoms with van der Waals surface area (Å²) >= 11 is 0. The molecule has 0 aliphatic carbocycles. The lowest BCUT2D eigenvalue weighted by Gasteiger charge is -2.17. The Bertz CT molecular complexity index is 721. The Hall–Kier alpha value is -2.55. The molecule has 3 heteroatoms. The molecule has 1 aliphatic rings. The zero-order valence-corrected chi connectivity index (χ0v) is 12.7. The Morgan fingerprint density at radius 3 is 2.86 bits per heavy atom. The quantitative estimate of drug-likeness (QED) is 0.801. The molecule has 112 valence electrons. The van der Waals surface area contributed by atoms with Gasteiger partial charge in [-0.25, -0.2) is 0 Å². The first-order valence-corrected chi connectivity index (χ1v) is 7.42. The molecular formula is C19H19NO2. The molecule has 2 aromatic rings. The number of rotatable bonds is 4. The van der Waals surface area contributed by atoms with Crippen molar-refractivity contribution in [1.82, 2.24) is 0 Å². The van der Waals surface area contributed by atoms with E-state index in [0.29, 0.717) is 17.9 Å². The summed E-state index contributed by atoms with van der Waals surface area (Å²) in [5, 5.41) is 0. The summed E-state index contributed by atoms with van der Waals surface area (Å²) in [6.07, 6.45) is 0.910. The van der Waals surface area contributed by atoms with Crippen LogP contribution in [0.5, 0.6) is 5.75 Å². The summed E-state index contributed by atoms with van der Waals surface area (Å²) in [6, 6.07) is 15.4. The van der Waals surface area contributed by atoms with E-state index in [9.17, 15) is 4.79 Å². The van der Waals surface area contributed by atoms with Crippen molar-refractivity contribution in [3.63, 3.8) is 0 Å². The molecule has 0 bridgehead atoms. The van der Waals surface area contributed by atoms with E-state index in [-0.39, 0.29) is 5.91 Å². The standard InChI is InChI=1S/C19H19NO2/c1-14(2)13-22-17-8-5-7-16(12-17)19(21)20-11-10-15-6-3-4-9-18(15)20/h3-9,12H,1,10-11,13H2,2H3. The van der Waals surface area contributed by atoms with Gasteiger partial charge < -0.3 is 9.64 Å². The van der Waals surface area contributed by atoms with E-state index >= 15 is 0 Å². The molecule has 0 radical (unpaired) electrons. The van der Waals surface area contributed by atoms with Gasteiger partial charge in [0.05, 0.1) is 0 Å². The number of fused-ring (bicyclic) bond motifs is 1. The van der Waals surface area contributed by atoms with Gasteiger partial charge in [0.1, 0.15) is 12.4 Å². The summed E-state index contributed by atoms with van der Waals surface area (Å²) < 4.78 is 5.62. The lowest BCUT2D eigenvalue weighted by atomic mass is 10.1. The van der Waals surface area contributed by atoms with Crippen LogP contribution in [-0.2, 0) is 6.42 Å². The highest BCUT2D eigenvalue weighted by Gasteiger charge is 2.25. The predicted octanol–water partition coefficient (Wildman–Crippen LogP) is 3.84. The van der Waals surface area contributed by atoms with Crippen molar-refractivity contribution in [1.29, 1.82) is 0 Å². The number of hydrogen-bond donors (Lipinski definition) is 0. The molecule has 22 heavy (non-hydrogen) atoms. The molecule has 0 saturated carbocycles. The molecule has 0 saturated heterocycles. The van der Waals surface area contributed by atoms with Crippen LogP contribution in [0.15, 0.2) is 60.7 Å². The molecule has 0 atom stereocenters. The Morgan fingerprint density at radius 2 is 2.05 bits per heavy atom. The normalized spacial score (nSPS) is 12.9. The molecule has 0 aromatic heterocycles. The third-order valence-electron chi connectivity index (χ3n) is 3.70. The van der Waals surface area contributed by atoms with Crippen LogP contribution >= 0.6 is 0 Å². The Morgan fingerprint density at radius 1 is 1.23 bits per heavy atom. The number of carbonyl (C=O) groups excluding carboxylic acids is 1. The van der Waals surface area contributed by atoms with E-state index < -0.39 is 0 Å². The van der Waals surface area contributed by atoms with Crippen LogP contribution in [0, 0.1) is 0 Å². The number of para-hydroxylation sites is 1. The minimum atomic E-state index is 0.0192. The Balaban J connectivity index is 1.81. The molecule has 0 spiro atoms. The molecule has 1 heterocycles. The van der Waals surface area contributed by atoms with E-state index in [1.54, 1.807) is 6.07 Å². The fourth-order valence-corrected chi connectivity index (χ4v) is 2.63. The molecule has 1 amide bonds. The molecule has 0 fully saturated rings. The second kappa shape index (κ2) is 6.06. The maximum absolute atomic E-state index is 12.8. The largest absolute Gasteiger partial charge is 0.489 e. The van der Waals surface area contributed by atoms with Gasteiger partial charge in [-0.05, 0) is 48.7 Å². The van der Waals surface area contributed by atoms with Crippen molar-refractivity contribution in [3.05, 3.63) is 71.8 Å². The zero-order valence-electron chi connectivity index (χ0n) is 12.7. The fraction of sp³-hybridized carbons (Fsp3) is 0.211. The third kappa shape index (κ3) is 2.89. The van der Waals surface area contributed by atoms with Crippen molar-refractivity contribution in [2.24, 2.45) is 0 Å². The number of carbonyl (C=O) groups is 1. The van der Waals surface area contributed by atoms with Gasteiger partial charge in [-0.15, -0.1) is 0 Å². The Labute approximate surface area is 130 Å². The first-order chi connectivity index (χ1) is 10.6. The summed E-state index contributed by atoms with van der Waals surface area (Å²) in [6.45, 7) is 6.92. The average molecular weight is 293 g/mol. The molecule has 1 aliphatic heterocycles. The van der Waals surface area contributed by atoms with E-state index in [4.69, 9.17) is 4.74 Å². The highest BCUT2D eigenvalue weighted by molar-refractivity contribution is 6.07. The third-order valence-corrected chi connectivity index (χ3v) is 3.70. The molecule has 0 unspecified atom stereocenters. The summed E-state index contributed by atoms with van der Waals surface area (Å²) in [7, 11) is 0. The van der Waals surface area contributed by atoms with Crippen LogP contribution in [0.4, 0.5) is 5.69 Å². The van der Waals surface area contributed by atoms with Gasteiger partial charge in [0, 0.05) is 17.8 Å². The fourth-order valence-electron chi connectivity index (χ4n) is 2.63. The highest BCUT2D eigenvalue weighted by Crippen LogP contribution is 2.29. The lowest BCUT2D eigenvalue weighted by molar-refractivity contribution is 0.0989. The minimum Gasteiger partial charge on any atom is -0.489 e. The van der Waals surface area contributed by atoms with E-state index in [0.717, 1.165) is 24.2 Å². The number of hydrogen-bond acceptors (Lipinski definition) is 2. The first kappa shape index (κ1) is 14.4. The van der Waals surface area contributed by atoms with Gasteiger partial charge in [-0.1, -0.05) is 30.8 Å². The molecule has 0 N–H and O–H groups in total. The molecule has 3 rings (SSSR count). The second-order valence-electron chi connectivity index (χ2n) is 5.61. The molecule has 2 aromatic carbocycles. The SMILES string of the molecule is C=C(C)COc1cccc(C(=O)N2CCc3ccccc32)c1. The topological polar surface area (TPSA) is 29.5 Å². The number of benzene rings is 2. The Kier molecular flexibility index (Phi) is 3.96. The highest BCUT2D eigenvalue weighted by atomic mass is 16.5. The second-order valence-corrected chi connectivity index (χ2v) is 5.61. The molecule has 3 nitrogen and oxygen atoms in total. The van der Waals surface area contributed by atoms with Crippen molar-refractivity contribution >= 4 is 11.6 Å². The van der Waals surface area contributed by atoms with E-state index in [1.165, 1.54) is 5.56 Å². The number of anilines is 1. The van der Waals surface area contributed by atoms with Crippen molar-refractivity contribution in [2.45, 2.75) is 13.3 Å². The number of amides is 1. The van der Waals surface area contributed by atoms with E-state index in [1.807, 2.05) is 48.2 Å². The number of ether oxygens (including phenoxy) is 1. The van der Waals surface area contributed by atoms with Crippen molar-refractivity contribution in [2.75, 3.05) is 18.1 Å². The van der Waals surface area contributed by atoms with Gasteiger partial charge in [0.25, 0.3) is 5.91 Å². The van der Waals surface area contributed by atoms with Crippen LogP contribution in [-0.4, -0.2) is 19.1 Å². The van der Waals surface area contributed by atoms with Gasteiger partial charge in [-0.3, -0.25) is 4.79 Å². The summed E-state index contributed by atoms with van der Waals surface area (Å²) in [5.74, 6) is 0.715. The van der Waals surface area contributed by atoms with Gasteiger partial charge >= 0.3 is 0 Å². The number of nitrogens with zero attached hydrogens (tertiary/aromatic N) is 1. The summed E-state index contributed by atoms with van der Waals surface area (Å²) in [4.78, 5) is 14.6. The average Bonchev–Trinajstić information content (AvgIpc) is 2.96. The van der Waals surface area contributed by atoms with Gasteiger partial charge in [0.2, 0.25) is 0 Å². The van der Waals surface area contributed by atoms with Crippen LogP contribution in [0.2, 0.25) is 0 Å². The maximum Gasteiger partial charge on any atom is 0.258 e. The summed E-state index contributed by atoms with van der Waals surface area (Å²) in [5.41, 5.74) is 3.84. The monoisotopic (exact) mass is 293 g/mol. The van der Waals surface area contributed by atoms with Crippen LogP contribution in [0.25, 0.3) is 0 Å². The van der Waals surface area contributed by atoms with Crippen LogP contribution in [0.3, 0.4) is 0 Å². The van der Waals surface area contributed by atoms with Crippen LogP contribution < -0.4 is 9.64 Å². The lowest BCUT2D eigenvalue weighted by Crippen LogP contribution is -2.28. The van der Waals surface area contributed by atoms with Gasteiger partial charge in [0.15, 0.2) is 0 Å². The van der Waals surface area contributed by atoms with Crippen molar-refractivity contribution in [3.8, 4) is 5.75 Å².